The zero-order valence-corrected chi connectivity index (χ0v) is 11.9. The molecule has 0 atom stereocenters. The van der Waals surface area contributed by atoms with Crippen LogP contribution in [0.4, 0.5) is 4.39 Å². The molecule has 0 fully saturated rings. The van der Waals surface area contributed by atoms with Crippen molar-refractivity contribution in [2.45, 2.75) is 13.8 Å². The van der Waals surface area contributed by atoms with E-state index in [9.17, 15) is 9.18 Å². The molecule has 0 heterocycles. The Morgan fingerprint density at radius 2 is 1.79 bits per heavy atom. The molecule has 4 heteroatoms. The molecular formula is C15H11Cl2FO. The van der Waals surface area contributed by atoms with E-state index in [2.05, 4.69) is 0 Å². The molecule has 0 saturated carbocycles. The van der Waals surface area contributed by atoms with Gasteiger partial charge in [-0.25, -0.2) is 4.39 Å². The number of rotatable bonds is 2. The van der Waals surface area contributed by atoms with Crippen LogP contribution in [0.25, 0.3) is 0 Å². The van der Waals surface area contributed by atoms with Gasteiger partial charge in [0.05, 0.1) is 10.6 Å². The molecule has 0 aromatic heterocycles. The normalized spacial score (nSPS) is 10.6. The second kappa shape index (κ2) is 5.32. The summed E-state index contributed by atoms with van der Waals surface area (Å²) in [5, 5.41) is 0.652. The van der Waals surface area contributed by atoms with E-state index in [0.717, 1.165) is 5.56 Å². The molecule has 0 N–H and O–H groups in total. The Kier molecular flexibility index (Phi) is 3.93. The van der Waals surface area contributed by atoms with Crippen LogP contribution in [0.5, 0.6) is 0 Å². The fraction of sp³-hybridized carbons (Fsp3) is 0.133. The van der Waals surface area contributed by atoms with Crippen molar-refractivity contribution in [3.05, 3.63) is 68.4 Å². The second-order valence-electron chi connectivity index (χ2n) is 4.39. The summed E-state index contributed by atoms with van der Waals surface area (Å²) in [4.78, 5) is 12.4. The average Bonchev–Trinajstić information content (AvgIpc) is 2.26. The molecule has 0 bridgehead atoms. The fourth-order valence-electron chi connectivity index (χ4n) is 2.01. The predicted octanol–water partition coefficient (Wildman–Crippen LogP) is 4.98. The van der Waals surface area contributed by atoms with Crippen molar-refractivity contribution in [2.24, 2.45) is 0 Å². The van der Waals surface area contributed by atoms with Gasteiger partial charge < -0.3 is 0 Å². The van der Waals surface area contributed by atoms with Gasteiger partial charge in [-0.2, -0.15) is 0 Å². The van der Waals surface area contributed by atoms with Crippen LogP contribution in [0, 0.1) is 19.7 Å². The lowest BCUT2D eigenvalue weighted by Crippen LogP contribution is -2.08. The highest BCUT2D eigenvalue weighted by Gasteiger charge is 2.19. The Labute approximate surface area is 121 Å². The summed E-state index contributed by atoms with van der Waals surface area (Å²) in [5.74, 6) is -0.967. The molecule has 0 aliphatic carbocycles. The van der Waals surface area contributed by atoms with E-state index in [1.807, 2.05) is 0 Å². The summed E-state index contributed by atoms with van der Waals surface area (Å²) >= 11 is 11.8. The topological polar surface area (TPSA) is 17.1 Å². The van der Waals surface area contributed by atoms with Crippen LogP contribution in [0.2, 0.25) is 10.0 Å². The molecule has 19 heavy (non-hydrogen) atoms. The Balaban J connectivity index is 2.56. The number of carbonyl (C=O) groups excluding carboxylic acids is 1. The zero-order valence-electron chi connectivity index (χ0n) is 10.4. The van der Waals surface area contributed by atoms with Crippen molar-refractivity contribution in [1.82, 2.24) is 0 Å². The lowest BCUT2D eigenvalue weighted by molar-refractivity contribution is 0.103. The number of hydrogen-bond donors (Lipinski definition) is 0. The van der Waals surface area contributed by atoms with Crippen LogP contribution >= 0.6 is 23.2 Å². The Morgan fingerprint density at radius 3 is 2.37 bits per heavy atom. The van der Waals surface area contributed by atoms with E-state index in [0.29, 0.717) is 10.6 Å². The van der Waals surface area contributed by atoms with Crippen LogP contribution in [0.3, 0.4) is 0 Å². The average molecular weight is 297 g/mol. The minimum atomic E-state index is -0.534. The minimum Gasteiger partial charge on any atom is -0.288 e. The summed E-state index contributed by atoms with van der Waals surface area (Å²) in [6.07, 6.45) is 0. The van der Waals surface area contributed by atoms with Crippen LogP contribution in [0.1, 0.15) is 27.0 Å². The van der Waals surface area contributed by atoms with Crippen molar-refractivity contribution in [3.8, 4) is 0 Å². The number of aryl methyl sites for hydroxylation is 2. The molecular weight excluding hydrogens is 286 g/mol. The highest BCUT2D eigenvalue weighted by atomic mass is 35.5. The van der Waals surface area contributed by atoms with Gasteiger partial charge in [0.1, 0.15) is 5.82 Å². The third-order valence-corrected chi connectivity index (χ3v) is 3.38. The number of ketones is 1. The van der Waals surface area contributed by atoms with Crippen LogP contribution in [-0.2, 0) is 0 Å². The third-order valence-electron chi connectivity index (χ3n) is 2.83. The maximum absolute atomic E-state index is 14.0. The van der Waals surface area contributed by atoms with E-state index in [1.54, 1.807) is 26.0 Å². The molecule has 0 aliphatic heterocycles. The van der Waals surface area contributed by atoms with E-state index in [-0.39, 0.29) is 16.1 Å². The molecule has 2 aromatic carbocycles. The smallest absolute Gasteiger partial charge is 0.197 e. The lowest BCUT2D eigenvalue weighted by atomic mass is 9.97. The number of hydrogen-bond acceptors (Lipinski definition) is 1. The number of benzene rings is 2. The molecule has 0 aliphatic rings. The third kappa shape index (κ3) is 2.80. The summed E-state index contributed by atoms with van der Waals surface area (Å²) in [6, 6.07) is 7.63. The highest BCUT2D eigenvalue weighted by Crippen LogP contribution is 2.26. The van der Waals surface area contributed by atoms with Crippen molar-refractivity contribution in [2.75, 3.05) is 0 Å². The van der Waals surface area contributed by atoms with Crippen molar-refractivity contribution in [1.29, 1.82) is 0 Å². The standard InChI is InChI=1S/C15H11Cl2FO/c1-8-5-9(2)14(13(18)6-8)15(19)11-4-3-10(16)7-12(11)17/h3-7H,1-2H3. The van der Waals surface area contributed by atoms with Gasteiger partial charge in [-0.15, -0.1) is 0 Å². The van der Waals surface area contributed by atoms with Gasteiger partial charge in [0, 0.05) is 10.6 Å². The minimum absolute atomic E-state index is 0.0508. The highest BCUT2D eigenvalue weighted by molar-refractivity contribution is 6.37. The molecule has 0 spiro atoms. The second-order valence-corrected chi connectivity index (χ2v) is 5.24. The van der Waals surface area contributed by atoms with Crippen molar-refractivity contribution < 1.29 is 9.18 Å². The summed E-state index contributed by atoms with van der Waals surface area (Å²) < 4.78 is 14.0. The van der Waals surface area contributed by atoms with Gasteiger partial charge in [0.2, 0.25) is 0 Å². The van der Waals surface area contributed by atoms with Crippen LogP contribution in [-0.4, -0.2) is 5.78 Å². The summed E-state index contributed by atoms with van der Waals surface area (Å²) in [7, 11) is 0. The van der Waals surface area contributed by atoms with E-state index >= 15 is 0 Å². The Bertz CT molecular complexity index is 642. The monoisotopic (exact) mass is 296 g/mol. The van der Waals surface area contributed by atoms with Gasteiger partial charge in [-0.3, -0.25) is 4.79 Å². The zero-order chi connectivity index (χ0) is 14.2. The van der Waals surface area contributed by atoms with E-state index in [1.165, 1.54) is 18.2 Å². The number of carbonyl (C=O) groups is 1. The first kappa shape index (κ1) is 14.0. The maximum atomic E-state index is 14.0. The molecule has 2 rings (SSSR count). The Morgan fingerprint density at radius 1 is 1.11 bits per heavy atom. The van der Waals surface area contributed by atoms with Gasteiger partial charge in [-0.05, 0) is 49.2 Å². The first-order valence-corrected chi connectivity index (χ1v) is 6.42. The van der Waals surface area contributed by atoms with E-state index in [4.69, 9.17) is 23.2 Å². The predicted molar refractivity (Wildman–Crippen MR) is 75.8 cm³/mol. The maximum Gasteiger partial charge on any atom is 0.197 e. The quantitative estimate of drug-likeness (QED) is 0.714. The summed E-state index contributed by atoms with van der Waals surface area (Å²) in [5.41, 5.74) is 1.66. The molecule has 98 valence electrons. The lowest BCUT2D eigenvalue weighted by Gasteiger charge is -2.09. The molecule has 2 aromatic rings. The SMILES string of the molecule is Cc1cc(C)c(C(=O)c2ccc(Cl)cc2Cl)c(F)c1. The molecule has 0 radical (unpaired) electrons. The molecule has 0 unspecified atom stereocenters. The van der Waals surface area contributed by atoms with Gasteiger partial charge in [-0.1, -0.05) is 29.3 Å². The molecule has 1 nitrogen and oxygen atoms in total. The van der Waals surface area contributed by atoms with Crippen molar-refractivity contribution >= 4 is 29.0 Å². The van der Waals surface area contributed by atoms with Crippen LogP contribution in [0.15, 0.2) is 30.3 Å². The first-order valence-electron chi connectivity index (χ1n) is 5.66. The van der Waals surface area contributed by atoms with E-state index < -0.39 is 11.6 Å². The number of halogens is 3. The van der Waals surface area contributed by atoms with Gasteiger partial charge in [0.25, 0.3) is 0 Å². The first-order chi connectivity index (χ1) is 8.90. The van der Waals surface area contributed by atoms with Crippen molar-refractivity contribution in [3.63, 3.8) is 0 Å². The van der Waals surface area contributed by atoms with Crippen LogP contribution < -0.4 is 0 Å². The molecule has 0 saturated heterocycles. The van der Waals surface area contributed by atoms with Gasteiger partial charge >= 0.3 is 0 Å². The molecule has 0 amide bonds. The summed E-state index contributed by atoms with van der Waals surface area (Å²) in [6.45, 7) is 3.48. The fourth-order valence-corrected chi connectivity index (χ4v) is 2.51. The largest absolute Gasteiger partial charge is 0.288 e. The van der Waals surface area contributed by atoms with Gasteiger partial charge in [0.15, 0.2) is 5.78 Å². The Hall–Kier alpha value is -1.38.